The number of aliphatic hydroxyl groups is 2. The molecule has 4 N–H and O–H groups in total. The zero-order valence-corrected chi connectivity index (χ0v) is 24.6. The van der Waals surface area contributed by atoms with Crippen LogP contribution in [0.5, 0.6) is 0 Å². The molecule has 5 atom stereocenters. The average Bonchev–Trinajstić information content (AvgIpc) is 3.26. The SMILES string of the molecule is CC(C)(C)OC(=O)NC(Cc1ccccc1)[C@@H](O)CC(Cc1ccc([N+](=O)[O-])cc1)C(=O)NC1c2ccccc2C[C@@H]1O. The van der Waals surface area contributed by atoms with Gasteiger partial charge in [-0.2, -0.15) is 0 Å². The van der Waals surface area contributed by atoms with Crippen LogP contribution in [0, 0.1) is 16.0 Å². The fourth-order valence-corrected chi connectivity index (χ4v) is 5.41. The van der Waals surface area contributed by atoms with E-state index in [1.165, 1.54) is 12.1 Å². The number of fused-ring (bicyclic) bond motifs is 1. The molecule has 0 bridgehead atoms. The third-order valence-corrected chi connectivity index (χ3v) is 7.49. The van der Waals surface area contributed by atoms with Crippen LogP contribution in [0.2, 0.25) is 0 Å². The van der Waals surface area contributed by atoms with Gasteiger partial charge in [0, 0.05) is 24.5 Å². The number of benzene rings is 3. The summed E-state index contributed by atoms with van der Waals surface area (Å²) in [4.78, 5) is 37.2. The Morgan fingerprint density at radius 3 is 2.26 bits per heavy atom. The first-order chi connectivity index (χ1) is 20.4. The van der Waals surface area contributed by atoms with Gasteiger partial charge in [0.2, 0.25) is 5.91 Å². The van der Waals surface area contributed by atoms with Crippen molar-refractivity contribution in [2.24, 2.45) is 5.92 Å². The van der Waals surface area contributed by atoms with Gasteiger partial charge < -0.3 is 25.6 Å². The van der Waals surface area contributed by atoms with Gasteiger partial charge in [-0.15, -0.1) is 0 Å². The molecular weight excluding hydrogens is 550 g/mol. The third-order valence-electron chi connectivity index (χ3n) is 7.49. The molecule has 3 aromatic carbocycles. The lowest BCUT2D eigenvalue weighted by molar-refractivity contribution is -0.384. The molecule has 0 aliphatic heterocycles. The van der Waals surface area contributed by atoms with Crippen LogP contribution in [0.4, 0.5) is 10.5 Å². The van der Waals surface area contributed by atoms with Crippen molar-refractivity contribution in [1.82, 2.24) is 10.6 Å². The molecule has 3 unspecified atom stereocenters. The number of rotatable bonds is 11. The monoisotopic (exact) mass is 589 g/mol. The fourth-order valence-electron chi connectivity index (χ4n) is 5.41. The second kappa shape index (κ2) is 13.8. The minimum atomic E-state index is -1.15. The first-order valence-corrected chi connectivity index (χ1v) is 14.4. The van der Waals surface area contributed by atoms with E-state index in [9.17, 15) is 29.9 Å². The summed E-state index contributed by atoms with van der Waals surface area (Å²) in [5, 5.41) is 39.2. The molecule has 4 rings (SSSR count). The van der Waals surface area contributed by atoms with Crippen LogP contribution in [-0.4, -0.2) is 51.0 Å². The van der Waals surface area contributed by atoms with Crippen LogP contribution in [0.3, 0.4) is 0 Å². The molecule has 1 aliphatic carbocycles. The highest BCUT2D eigenvalue weighted by molar-refractivity contribution is 5.80. The molecule has 228 valence electrons. The van der Waals surface area contributed by atoms with Gasteiger partial charge in [0.05, 0.1) is 29.2 Å². The van der Waals surface area contributed by atoms with Crippen LogP contribution in [0.1, 0.15) is 55.5 Å². The molecule has 0 saturated carbocycles. The number of nitro benzene ring substituents is 1. The van der Waals surface area contributed by atoms with Crippen LogP contribution in [-0.2, 0) is 28.8 Å². The molecule has 3 aromatic rings. The van der Waals surface area contributed by atoms with Crippen molar-refractivity contribution in [1.29, 1.82) is 0 Å². The summed E-state index contributed by atoms with van der Waals surface area (Å²) in [6.07, 6.45) is -1.78. The van der Waals surface area contributed by atoms with Gasteiger partial charge in [0.1, 0.15) is 5.60 Å². The second-order valence-electron chi connectivity index (χ2n) is 12.0. The number of nitrogens with one attached hydrogen (secondary N) is 2. The van der Waals surface area contributed by atoms with Gasteiger partial charge in [0.15, 0.2) is 0 Å². The summed E-state index contributed by atoms with van der Waals surface area (Å²) >= 11 is 0. The number of alkyl carbamates (subject to hydrolysis) is 1. The molecular formula is C33H39N3O7. The lowest BCUT2D eigenvalue weighted by atomic mass is 9.88. The number of ether oxygens (including phenoxy) is 1. The normalized spacial score (nSPS) is 18.2. The molecule has 0 heterocycles. The number of non-ortho nitro benzene ring substituents is 1. The molecule has 0 fully saturated rings. The van der Waals surface area contributed by atoms with Crippen molar-refractivity contribution in [3.05, 3.63) is 111 Å². The van der Waals surface area contributed by atoms with Crippen LogP contribution >= 0.6 is 0 Å². The Morgan fingerprint density at radius 1 is 0.977 bits per heavy atom. The standard InChI is InChI=1S/C33H39N3O7/c1-33(2,3)43-32(40)34-27(18-21-9-5-4-6-10-21)28(37)20-24(17-22-13-15-25(16-14-22)36(41)42)31(39)35-30-26-12-8-7-11-23(26)19-29(30)38/h4-16,24,27-30,37-38H,17-20H2,1-3H3,(H,34,40)(H,35,39)/t24?,27?,28-,29-,30?/m0/s1. The predicted octanol–water partition coefficient (Wildman–Crippen LogP) is 4.42. The number of nitrogens with zero attached hydrogens (tertiary/aromatic N) is 1. The smallest absolute Gasteiger partial charge is 0.407 e. The Kier molecular flexibility index (Phi) is 10.2. The van der Waals surface area contributed by atoms with Crippen LogP contribution in [0.25, 0.3) is 0 Å². The van der Waals surface area contributed by atoms with E-state index in [1.807, 2.05) is 54.6 Å². The highest BCUT2D eigenvalue weighted by Gasteiger charge is 2.35. The summed E-state index contributed by atoms with van der Waals surface area (Å²) in [7, 11) is 0. The number of amides is 2. The predicted molar refractivity (Wildman–Crippen MR) is 161 cm³/mol. The number of nitro groups is 1. The van der Waals surface area contributed by atoms with Crippen molar-refractivity contribution in [2.45, 2.75) is 76.3 Å². The fraction of sp³-hybridized carbons (Fsp3) is 0.394. The Morgan fingerprint density at radius 2 is 1.60 bits per heavy atom. The minimum Gasteiger partial charge on any atom is -0.444 e. The Labute approximate surface area is 251 Å². The highest BCUT2D eigenvalue weighted by Crippen LogP contribution is 2.32. The van der Waals surface area contributed by atoms with Crippen molar-refractivity contribution < 1.29 is 29.5 Å². The molecule has 1 aliphatic rings. The first-order valence-electron chi connectivity index (χ1n) is 14.4. The zero-order chi connectivity index (χ0) is 31.1. The maximum absolute atomic E-state index is 13.8. The maximum Gasteiger partial charge on any atom is 0.407 e. The molecule has 10 nitrogen and oxygen atoms in total. The number of carbonyl (C=O) groups excluding carboxylic acids is 2. The van der Waals surface area contributed by atoms with E-state index >= 15 is 0 Å². The van der Waals surface area contributed by atoms with Crippen LogP contribution < -0.4 is 10.6 Å². The third kappa shape index (κ3) is 8.86. The lowest BCUT2D eigenvalue weighted by Crippen LogP contribution is -2.48. The van der Waals surface area contributed by atoms with Crippen molar-refractivity contribution in [3.8, 4) is 0 Å². The summed E-state index contributed by atoms with van der Waals surface area (Å²) in [6.45, 7) is 5.24. The van der Waals surface area contributed by atoms with Gasteiger partial charge in [-0.1, -0.05) is 66.7 Å². The summed E-state index contributed by atoms with van der Waals surface area (Å²) < 4.78 is 5.45. The average molecular weight is 590 g/mol. The Hall–Kier alpha value is -4.28. The van der Waals surface area contributed by atoms with Gasteiger partial charge in [-0.3, -0.25) is 14.9 Å². The topological polar surface area (TPSA) is 151 Å². The number of hydrogen-bond acceptors (Lipinski definition) is 7. The molecule has 0 spiro atoms. The maximum atomic E-state index is 13.8. The van der Waals surface area contributed by atoms with Gasteiger partial charge in [-0.05, 0) is 62.3 Å². The molecule has 43 heavy (non-hydrogen) atoms. The Bertz CT molecular complexity index is 1410. The van der Waals surface area contributed by atoms with Gasteiger partial charge in [-0.25, -0.2) is 4.79 Å². The zero-order valence-electron chi connectivity index (χ0n) is 24.6. The van der Waals surface area contributed by atoms with E-state index in [1.54, 1.807) is 32.9 Å². The molecule has 0 aromatic heterocycles. The van der Waals surface area contributed by atoms with E-state index in [0.717, 1.165) is 16.7 Å². The number of aliphatic hydroxyl groups excluding tert-OH is 2. The largest absolute Gasteiger partial charge is 0.444 e. The van der Waals surface area contributed by atoms with Crippen LogP contribution in [0.15, 0.2) is 78.9 Å². The quantitative estimate of drug-likeness (QED) is 0.191. The molecule has 0 saturated heterocycles. The van der Waals surface area contributed by atoms with Crippen molar-refractivity contribution in [3.63, 3.8) is 0 Å². The van der Waals surface area contributed by atoms with Gasteiger partial charge >= 0.3 is 6.09 Å². The molecule has 0 radical (unpaired) electrons. The van der Waals surface area contributed by atoms with E-state index in [4.69, 9.17) is 4.74 Å². The van der Waals surface area contributed by atoms with Crippen molar-refractivity contribution in [2.75, 3.05) is 0 Å². The number of carbonyl (C=O) groups is 2. The van der Waals surface area contributed by atoms with Crippen molar-refractivity contribution >= 4 is 17.7 Å². The second-order valence-corrected chi connectivity index (χ2v) is 12.0. The Balaban J connectivity index is 1.58. The minimum absolute atomic E-state index is 0.0272. The van der Waals surface area contributed by atoms with E-state index < -0.39 is 46.8 Å². The summed E-state index contributed by atoms with van der Waals surface area (Å²) in [5.74, 6) is -1.16. The highest BCUT2D eigenvalue weighted by atomic mass is 16.6. The van der Waals surface area contributed by atoms with E-state index in [0.29, 0.717) is 18.4 Å². The molecule has 10 heteroatoms. The molecule has 2 amide bonds. The first kappa shape index (κ1) is 31.7. The number of hydrogen-bond donors (Lipinski definition) is 4. The van der Waals surface area contributed by atoms with E-state index in [-0.39, 0.29) is 24.4 Å². The van der Waals surface area contributed by atoms with E-state index in [2.05, 4.69) is 10.6 Å². The summed E-state index contributed by atoms with van der Waals surface area (Å²) in [6, 6.07) is 21.4. The summed E-state index contributed by atoms with van der Waals surface area (Å²) in [5.41, 5.74) is 2.53. The van der Waals surface area contributed by atoms with Gasteiger partial charge in [0.25, 0.3) is 5.69 Å². The lowest BCUT2D eigenvalue weighted by Gasteiger charge is -2.29.